The molecular weight excluding hydrogens is 421 g/mol. The van der Waals surface area contributed by atoms with Crippen LogP contribution in [-0.2, 0) is 17.8 Å². The van der Waals surface area contributed by atoms with E-state index in [9.17, 15) is 14.0 Å². The molecule has 8 heteroatoms. The van der Waals surface area contributed by atoms with E-state index in [0.717, 1.165) is 10.2 Å². The van der Waals surface area contributed by atoms with Crippen molar-refractivity contribution in [2.75, 3.05) is 6.54 Å². The van der Waals surface area contributed by atoms with Gasteiger partial charge in [0.05, 0.1) is 10.7 Å². The number of nitrogens with zero attached hydrogens (tertiary/aromatic N) is 2. The van der Waals surface area contributed by atoms with Gasteiger partial charge in [0.2, 0.25) is 5.91 Å². The summed E-state index contributed by atoms with van der Waals surface area (Å²) in [5.74, 6) is -0.606. The molecule has 0 unspecified atom stereocenters. The van der Waals surface area contributed by atoms with Crippen LogP contribution in [0.4, 0.5) is 4.39 Å². The highest BCUT2D eigenvalue weighted by molar-refractivity contribution is 9.13. The fraction of sp³-hybridized carbons (Fsp3) is 0.214. The number of hydrogen-bond acceptors (Lipinski definition) is 3. The third-order valence-corrected chi connectivity index (χ3v) is 4.78. The quantitative estimate of drug-likeness (QED) is 0.788. The first-order valence-corrected chi connectivity index (χ1v) is 7.98. The second kappa shape index (κ2) is 7.64. The minimum absolute atomic E-state index is 0.159. The third-order valence-electron chi connectivity index (χ3n) is 2.88. The van der Waals surface area contributed by atoms with E-state index in [2.05, 4.69) is 42.3 Å². The van der Waals surface area contributed by atoms with Gasteiger partial charge in [-0.05, 0) is 56.0 Å². The second-order valence-corrected chi connectivity index (χ2v) is 6.14. The lowest BCUT2D eigenvalue weighted by atomic mass is 10.1. The number of carbonyl (C=O) groups excluding carboxylic acids is 1. The Morgan fingerprint density at radius 1 is 1.27 bits per heavy atom. The van der Waals surface area contributed by atoms with Gasteiger partial charge in [0.25, 0.3) is 5.56 Å². The predicted molar refractivity (Wildman–Crippen MR) is 87.0 cm³/mol. The molecule has 1 aromatic carbocycles. The van der Waals surface area contributed by atoms with Crippen LogP contribution in [-0.4, -0.2) is 22.2 Å². The van der Waals surface area contributed by atoms with Gasteiger partial charge in [-0.15, -0.1) is 0 Å². The van der Waals surface area contributed by atoms with Gasteiger partial charge in [-0.3, -0.25) is 9.59 Å². The standard InChI is InChI=1S/C14H12Br2FN3O2/c15-11-7-19-20(14(22)13(11)16)8-12(21)18-6-5-9-1-3-10(17)4-2-9/h1-4,7H,5-6,8H2,(H,18,21). The first-order valence-electron chi connectivity index (χ1n) is 6.39. The smallest absolute Gasteiger partial charge is 0.282 e. The van der Waals surface area contributed by atoms with E-state index in [1.807, 2.05) is 0 Å². The number of hydrogen-bond donors (Lipinski definition) is 1. The maximum atomic E-state index is 12.8. The highest BCUT2D eigenvalue weighted by Crippen LogP contribution is 2.16. The maximum Gasteiger partial charge on any atom is 0.282 e. The lowest BCUT2D eigenvalue weighted by molar-refractivity contribution is -0.121. The molecule has 1 amide bonds. The van der Waals surface area contributed by atoms with Crippen molar-refractivity contribution in [2.24, 2.45) is 0 Å². The van der Waals surface area contributed by atoms with E-state index in [1.165, 1.54) is 18.3 Å². The number of nitrogens with one attached hydrogen (secondary N) is 1. The maximum absolute atomic E-state index is 12.8. The Morgan fingerprint density at radius 3 is 2.64 bits per heavy atom. The van der Waals surface area contributed by atoms with Gasteiger partial charge in [-0.25, -0.2) is 9.07 Å². The van der Waals surface area contributed by atoms with Crippen molar-refractivity contribution in [2.45, 2.75) is 13.0 Å². The molecule has 0 aliphatic rings. The van der Waals surface area contributed by atoms with Crippen molar-refractivity contribution < 1.29 is 9.18 Å². The van der Waals surface area contributed by atoms with Crippen LogP contribution in [0.5, 0.6) is 0 Å². The lowest BCUT2D eigenvalue weighted by Gasteiger charge is -2.07. The largest absolute Gasteiger partial charge is 0.354 e. The van der Waals surface area contributed by atoms with Crippen molar-refractivity contribution >= 4 is 37.8 Å². The van der Waals surface area contributed by atoms with Gasteiger partial charge in [0.1, 0.15) is 16.8 Å². The van der Waals surface area contributed by atoms with Crippen LogP contribution in [0.3, 0.4) is 0 Å². The number of benzene rings is 1. The zero-order valence-corrected chi connectivity index (χ0v) is 14.5. The highest BCUT2D eigenvalue weighted by atomic mass is 79.9. The van der Waals surface area contributed by atoms with Crippen LogP contribution in [0.15, 0.2) is 44.2 Å². The first-order chi connectivity index (χ1) is 10.5. The molecule has 2 rings (SSSR count). The Hall–Kier alpha value is -1.54. The number of carbonyl (C=O) groups is 1. The summed E-state index contributed by atoms with van der Waals surface area (Å²) in [4.78, 5) is 23.7. The van der Waals surface area contributed by atoms with Crippen LogP contribution in [0.2, 0.25) is 0 Å². The molecule has 1 heterocycles. The van der Waals surface area contributed by atoms with Crippen LogP contribution in [0.25, 0.3) is 0 Å². The SMILES string of the molecule is O=C(Cn1ncc(Br)c(Br)c1=O)NCCc1ccc(F)cc1. The van der Waals surface area contributed by atoms with Crippen molar-refractivity contribution in [3.05, 3.63) is 61.1 Å². The number of amides is 1. The molecule has 116 valence electrons. The molecule has 0 bridgehead atoms. The van der Waals surface area contributed by atoms with E-state index in [1.54, 1.807) is 12.1 Å². The second-order valence-electron chi connectivity index (χ2n) is 4.50. The van der Waals surface area contributed by atoms with E-state index < -0.39 is 0 Å². The van der Waals surface area contributed by atoms with E-state index >= 15 is 0 Å². The Morgan fingerprint density at radius 2 is 1.95 bits per heavy atom. The van der Waals surface area contributed by atoms with Gasteiger partial charge in [0.15, 0.2) is 0 Å². The molecule has 0 fully saturated rings. The minimum Gasteiger partial charge on any atom is -0.354 e. The van der Waals surface area contributed by atoms with Crippen molar-refractivity contribution in [3.8, 4) is 0 Å². The monoisotopic (exact) mass is 431 g/mol. The van der Waals surface area contributed by atoms with Crippen LogP contribution < -0.4 is 10.9 Å². The first kappa shape index (κ1) is 16.8. The molecule has 1 N–H and O–H groups in total. The van der Waals surface area contributed by atoms with Crippen LogP contribution >= 0.6 is 31.9 Å². The Bertz CT molecular complexity index is 732. The number of aromatic nitrogens is 2. The Labute approximate surface area is 142 Å². The van der Waals surface area contributed by atoms with Crippen LogP contribution in [0.1, 0.15) is 5.56 Å². The summed E-state index contributed by atoms with van der Waals surface area (Å²) < 4.78 is 14.7. The molecule has 0 spiro atoms. The fourth-order valence-electron chi connectivity index (χ4n) is 1.75. The van der Waals surface area contributed by atoms with Gasteiger partial charge >= 0.3 is 0 Å². The summed E-state index contributed by atoms with van der Waals surface area (Å²) >= 11 is 6.30. The Kier molecular flexibility index (Phi) is 5.84. The molecule has 0 atom stereocenters. The molecule has 0 saturated heterocycles. The van der Waals surface area contributed by atoms with Crippen molar-refractivity contribution in [1.82, 2.24) is 15.1 Å². The van der Waals surface area contributed by atoms with Gasteiger partial charge < -0.3 is 5.32 Å². The van der Waals surface area contributed by atoms with Crippen molar-refractivity contribution in [1.29, 1.82) is 0 Å². The average Bonchev–Trinajstić information content (AvgIpc) is 2.50. The summed E-state index contributed by atoms with van der Waals surface area (Å²) in [7, 11) is 0. The zero-order valence-electron chi connectivity index (χ0n) is 11.4. The predicted octanol–water partition coefficient (Wildman–Crippen LogP) is 2.27. The number of rotatable bonds is 5. The Balaban J connectivity index is 1.87. The summed E-state index contributed by atoms with van der Waals surface area (Å²) in [6, 6.07) is 6.08. The molecule has 0 aliphatic heterocycles. The molecular formula is C14H12Br2FN3O2. The molecule has 0 saturated carbocycles. The normalized spacial score (nSPS) is 10.5. The molecule has 1 aromatic heterocycles. The van der Waals surface area contributed by atoms with E-state index in [4.69, 9.17) is 0 Å². The summed E-state index contributed by atoms with van der Waals surface area (Å²) in [5.41, 5.74) is 0.534. The number of halogens is 3. The van der Waals surface area contributed by atoms with E-state index in [0.29, 0.717) is 21.9 Å². The van der Waals surface area contributed by atoms with E-state index in [-0.39, 0.29) is 23.8 Å². The molecule has 0 aliphatic carbocycles. The topological polar surface area (TPSA) is 64.0 Å². The highest BCUT2D eigenvalue weighted by Gasteiger charge is 2.10. The van der Waals surface area contributed by atoms with Gasteiger partial charge in [-0.2, -0.15) is 5.10 Å². The van der Waals surface area contributed by atoms with Crippen molar-refractivity contribution in [3.63, 3.8) is 0 Å². The summed E-state index contributed by atoms with van der Waals surface area (Å²) in [6.45, 7) is 0.241. The summed E-state index contributed by atoms with van der Waals surface area (Å²) in [6.07, 6.45) is 2.02. The zero-order chi connectivity index (χ0) is 16.1. The van der Waals surface area contributed by atoms with Gasteiger partial charge in [-0.1, -0.05) is 12.1 Å². The van der Waals surface area contributed by atoms with Crippen LogP contribution in [0, 0.1) is 5.82 Å². The van der Waals surface area contributed by atoms with Gasteiger partial charge in [0, 0.05) is 6.54 Å². The molecule has 5 nitrogen and oxygen atoms in total. The lowest BCUT2D eigenvalue weighted by Crippen LogP contribution is -2.34. The third kappa shape index (κ3) is 4.48. The molecule has 0 radical (unpaired) electrons. The molecule has 2 aromatic rings. The minimum atomic E-state index is -0.386. The summed E-state index contributed by atoms with van der Waals surface area (Å²) in [5, 5.41) is 6.58. The molecule has 22 heavy (non-hydrogen) atoms. The fourth-order valence-corrected chi connectivity index (χ4v) is 2.32. The average molecular weight is 433 g/mol.